The van der Waals surface area contributed by atoms with E-state index in [1.54, 1.807) is 0 Å². The largest absolute Gasteiger partial charge is 0.387 e. The number of ether oxygens (including phenoxy) is 2. The van der Waals surface area contributed by atoms with Gasteiger partial charge in [0.25, 0.3) is 0 Å². The first-order valence-electron chi connectivity index (χ1n) is 6.40. The molecule has 0 bridgehead atoms. The van der Waals surface area contributed by atoms with Crippen molar-refractivity contribution >= 4 is 5.84 Å². The maximum atomic E-state index is 5.82. The molecule has 16 heavy (non-hydrogen) atoms. The highest BCUT2D eigenvalue weighted by molar-refractivity contribution is 5.80. The average molecular weight is 226 g/mol. The van der Waals surface area contributed by atoms with Crippen molar-refractivity contribution < 1.29 is 9.47 Å². The second-order valence-corrected chi connectivity index (χ2v) is 4.62. The zero-order valence-corrected chi connectivity index (χ0v) is 9.86. The molecule has 0 aromatic heterocycles. The van der Waals surface area contributed by atoms with Gasteiger partial charge in [0, 0.05) is 12.8 Å². The lowest BCUT2D eigenvalue weighted by Crippen LogP contribution is -2.26. The lowest BCUT2D eigenvalue weighted by molar-refractivity contribution is -0.181. The van der Waals surface area contributed by atoms with Crippen LogP contribution in [0.15, 0.2) is 4.99 Å². The summed E-state index contributed by atoms with van der Waals surface area (Å²) in [6, 6.07) is 0.386. The van der Waals surface area contributed by atoms with Gasteiger partial charge in [0.05, 0.1) is 25.1 Å². The number of nitrogens with zero attached hydrogens (tertiary/aromatic N) is 1. The minimum absolute atomic E-state index is 0.00609. The van der Waals surface area contributed by atoms with Gasteiger partial charge in [-0.2, -0.15) is 0 Å². The Morgan fingerprint density at radius 3 is 2.75 bits per heavy atom. The van der Waals surface area contributed by atoms with E-state index in [2.05, 4.69) is 4.99 Å². The van der Waals surface area contributed by atoms with Crippen LogP contribution in [0.5, 0.6) is 0 Å². The molecule has 2 aliphatic rings. The van der Waals surface area contributed by atoms with Gasteiger partial charge in [-0.25, -0.2) is 0 Å². The first kappa shape index (κ1) is 11.9. The third-order valence-electron chi connectivity index (χ3n) is 3.20. The maximum Gasteiger partial charge on any atom is 0.157 e. The molecule has 0 radical (unpaired) electrons. The predicted molar refractivity (Wildman–Crippen MR) is 63.4 cm³/mol. The standard InChI is InChI=1S/C12H22N2O2/c13-11-5-2-1-4-10(14-11)6-7-12-15-8-3-9-16-12/h10,12H,1-9H2,(H2,13,14). The summed E-state index contributed by atoms with van der Waals surface area (Å²) in [6.07, 6.45) is 7.54. The van der Waals surface area contributed by atoms with Crippen molar-refractivity contribution in [1.82, 2.24) is 0 Å². The minimum atomic E-state index is -0.00609. The molecule has 0 spiro atoms. The number of rotatable bonds is 3. The van der Waals surface area contributed by atoms with E-state index in [0.29, 0.717) is 6.04 Å². The monoisotopic (exact) mass is 226 g/mol. The average Bonchev–Trinajstić information content (AvgIpc) is 2.52. The van der Waals surface area contributed by atoms with E-state index in [1.807, 2.05) is 0 Å². The highest BCUT2D eigenvalue weighted by Crippen LogP contribution is 2.19. The van der Waals surface area contributed by atoms with E-state index >= 15 is 0 Å². The number of nitrogens with two attached hydrogens (primary N) is 1. The molecular weight excluding hydrogens is 204 g/mol. The highest BCUT2D eigenvalue weighted by atomic mass is 16.7. The Kier molecular flexibility index (Phi) is 4.60. The first-order valence-corrected chi connectivity index (χ1v) is 6.40. The number of amidine groups is 1. The maximum absolute atomic E-state index is 5.82. The fourth-order valence-electron chi connectivity index (χ4n) is 2.29. The molecule has 2 aliphatic heterocycles. The van der Waals surface area contributed by atoms with Crippen molar-refractivity contribution in [2.24, 2.45) is 10.7 Å². The van der Waals surface area contributed by atoms with Crippen LogP contribution in [-0.4, -0.2) is 31.4 Å². The van der Waals surface area contributed by atoms with Crippen LogP contribution in [0.1, 0.15) is 44.9 Å². The number of hydrogen-bond acceptors (Lipinski definition) is 4. The summed E-state index contributed by atoms with van der Waals surface area (Å²) in [7, 11) is 0. The van der Waals surface area contributed by atoms with E-state index in [0.717, 1.165) is 51.2 Å². The smallest absolute Gasteiger partial charge is 0.157 e. The summed E-state index contributed by atoms with van der Waals surface area (Å²) >= 11 is 0. The Labute approximate surface area is 97.2 Å². The van der Waals surface area contributed by atoms with E-state index in [9.17, 15) is 0 Å². The summed E-state index contributed by atoms with van der Waals surface area (Å²) in [5.74, 6) is 0.827. The fraction of sp³-hybridized carbons (Fsp3) is 0.917. The second-order valence-electron chi connectivity index (χ2n) is 4.62. The minimum Gasteiger partial charge on any atom is -0.387 e. The summed E-state index contributed by atoms with van der Waals surface area (Å²) in [5, 5.41) is 0. The molecule has 1 atom stereocenters. The third-order valence-corrected chi connectivity index (χ3v) is 3.20. The molecule has 0 aromatic rings. The first-order chi connectivity index (χ1) is 7.84. The number of aliphatic imine (C=N–C) groups is 1. The number of hydrogen-bond donors (Lipinski definition) is 1. The van der Waals surface area contributed by atoms with Gasteiger partial charge in [0.2, 0.25) is 0 Å². The van der Waals surface area contributed by atoms with Crippen molar-refractivity contribution in [3.05, 3.63) is 0 Å². The molecule has 1 unspecified atom stereocenters. The molecule has 92 valence electrons. The lowest BCUT2D eigenvalue weighted by atomic mass is 10.1. The Morgan fingerprint density at radius 1 is 1.12 bits per heavy atom. The van der Waals surface area contributed by atoms with Crippen LogP contribution in [-0.2, 0) is 9.47 Å². The topological polar surface area (TPSA) is 56.8 Å². The van der Waals surface area contributed by atoms with E-state index in [1.165, 1.54) is 12.8 Å². The van der Waals surface area contributed by atoms with Gasteiger partial charge in [-0.05, 0) is 25.7 Å². The van der Waals surface area contributed by atoms with E-state index < -0.39 is 0 Å². The molecular formula is C12H22N2O2. The molecule has 0 aromatic carbocycles. The van der Waals surface area contributed by atoms with Gasteiger partial charge >= 0.3 is 0 Å². The van der Waals surface area contributed by atoms with Crippen LogP contribution < -0.4 is 5.73 Å². The molecule has 0 aliphatic carbocycles. The highest BCUT2D eigenvalue weighted by Gasteiger charge is 2.18. The molecule has 4 nitrogen and oxygen atoms in total. The van der Waals surface area contributed by atoms with Crippen LogP contribution in [0.3, 0.4) is 0 Å². The second kappa shape index (κ2) is 6.21. The lowest BCUT2D eigenvalue weighted by Gasteiger charge is -2.24. The van der Waals surface area contributed by atoms with Gasteiger partial charge < -0.3 is 15.2 Å². The van der Waals surface area contributed by atoms with E-state index in [4.69, 9.17) is 15.2 Å². The summed E-state index contributed by atoms with van der Waals surface area (Å²) in [5.41, 5.74) is 5.82. The Morgan fingerprint density at radius 2 is 1.94 bits per heavy atom. The van der Waals surface area contributed by atoms with Crippen molar-refractivity contribution in [2.75, 3.05) is 13.2 Å². The van der Waals surface area contributed by atoms with Crippen molar-refractivity contribution in [3.63, 3.8) is 0 Å². The van der Waals surface area contributed by atoms with Crippen LogP contribution in [0.25, 0.3) is 0 Å². The molecule has 4 heteroatoms. The summed E-state index contributed by atoms with van der Waals surface area (Å²) in [4.78, 5) is 4.54. The normalized spacial score (nSPS) is 28.5. The zero-order valence-electron chi connectivity index (χ0n) is 9.86. The molecule has 2 N–H and O–H groups in total. The van der Waals surface area contributed by atoms with Gasteiger partial charge in [-0.15, -0.1) is 0 Å². The van der Waals surface area contributed by atoms with Gasteiger partial charge in [-0.1, -0.05) is 6.42 Å². The van der Waals surface area contributed by atoms with Crippen molar-refractivity contribution in [1.29, 1.82) is 0 Å². The Hall–Kier alpha value is -0.610. The molecule has 0 saturated carbocycles. The Bertz CT molecular complexity index is 237. The molecule has 0 amide bonds. The molecule has 2 heterocycles. The SMILES string of the molecule is NC1=NC(CCC2OCCCO2)CCCC1. The van der Waals surface area contributed by atoms with Crippen LogP contribution in [0.2, 0.25) is 0 Å². The van der Waals surface area contributed by atoms with Crippen LogP contribution in [0.4, 0.5) is 0 Å². The molecule has 1 fully saturated rings. The predicted octanol–water partition coefficient (Wildman–Crippen LogP) is 1.83. The summed E-state index contributed by atoms with van der Waals surface area (Å²) in [6.45, 7) is 1.67. The fourth-order valence-corrected chi connectivity index (χ4v) is 2.29. The van der Waals surface area contributed by atoms with Crippen molar-refractivity contribution in [3.8, 4) is 0 Å². The van der Waals surface area contributed by atoms with Gasteiger partial charge in [0.15, 0.2) is 6.29 Å². The quantitative estimate of drug-likeness (QED) is 0.798. The van der Waals surface area contributed by atoms with Crippen LogP contribution >= 0.6 is 0 Å². The summed E-state index contributed by atoms with van der Waals surface area (Å²) < 4.78 is 11.1. The Balaban J connectivity index is 1.73. The van der Waals surface area contributed by atoms with Crippen LogP contribution in [0, 0.1) is 0 Å². The van der Waals surface area contributed by atoms with Gasteiger partial charge in [-0.3, -0.25) is 4.99 Å². The molecule has 1 saturated heterocycles. The zero-order chi connectivity index (χ0) is 11.2. The van der Waals surface area contributed by atoms with Crippen molar-refractivity contribution in [2.45, 2.75) is 57.3 Å². The molecule has 2 rings (SSSR count). The van der Waals surface area contributed by atoms with E-state index in [-0.39, 0.29) is 6.29 Å². The van der Waals surface area contributed by atoms with Gasteiger partial charge in [0.1, 0.15) is 0 Å². The third kappa shape index (κ3) is 3.76.